The van der Waals surface area contributed by atoms with Gasteiger partial charge in [0, 0.05) is 5.39 Å². The Labute approximate surface area is 116 Å². The van der Waals surface area contributed by atoms with Gasteiger partial charge in [-0.05, 0) is 30.0 Å². The third-order valence-corrected chi connectivity index (χ3v) is 3.58. The van der Waals surface area contributed by atoms with Crippen LogP contribution in [0.4, 0.5) is 0 Å². The van der Waals surface area contributed by atoms with Gasteiger partial charge in [0.1, 0.15) is 11.3 Å². The van der Waals surface area contributed by atoms with E-state index >= 15 is 0 Å². The van der Waals surface area contributed by atoms with E-state index in [1.165, 1.54) is 10.9 Å². The van der Waals surface area contributed by atoms with Gasteiger partial charge in [-0.15, -0.1) is 0 Å². The molecule has 1 atom stereocenters. The Morgan fingerprint density at radius 3 is 2.53 bits per heavy atom. The number of fused-ring (bicyclic) bond motifs is 1. The number of benzene rings is 1. The SMILES string of the molecule is CCNC(c1cc2cccc(CC)c2o1)C(C)(C)C. The largest absolute Gasteiger partial charge is 0.459 e. The van der Waals surface area contributed by atoms with E-state index in [4.69, 9.17) is 4.42 Å². The van der Waals surface area contributed by atoms with Gasteiger partial charge in [0.05, 0.1) is 6.04 Å². The van der Waals surface area contributed by atoms with Crippen molar-refractivity contribution in [1.29, 1.82) is 0 Å². The van der Waals surface area contributed by atoms with Crippen molar-refractivity contribution < 1.29 is 4.42 Å². The first-order chi connectivity index (χ1) is 8.97. The second-order valence-corrected chi connectivity index (χ2v) is 6.19. The van der Waals surface area contributed by atoms with E-state index < -0.39 is 0 Å². The summed E-state index contributed by atoms with van der Waals surface area (Å²) in [6.07, 6.45) is 1.01. The van der Waals surface area contributed by atoms with Gasteiger partial charge < -0.3 is 9.73 Å². The number of nitrogens with one attached hydrogen (secondary N) is 1. The fourth-order valence-electron chi connectivity index (χ4n) is 2.60. The Morgan fingerprint density at radius 1 is 1.21 bits per heavy atom. The van der Waals surface area contributed by atoms with E-state index in [9.17, 15) is 0 Å². The zero-order chi connectivity index (χ0) is 14.0. The van der Waals surface area contributed by atoms with E-state index in [0.29, 0.717) is 0 Å². The van der Waals surface area contributed by atoms with E-state index in [1.54, 1.807) is 0 Å². The van der Waals surface area contributed by atoms with Crippen LogP contribution in [0.1, 0.15) is 52.0 Å². The molecular weight excluding hydrogens is 234 g/mol. The lowest BCUT2D eigenvalue weighted by molar-refractivity contribution is 0.244. The monoisotopic (exact) mass is 259 g/mol. The number of para-hydroxylation sites is 1. The molecule has 19 heavy (non-hydrogen) atoms. The van der Waals surface area contributed by atoms with Gasteiger partial charge in [-0.3, -0.25) is 0 Å². The average Bonchev–Trinajstić information content (AvgIpc) is 2.77. The molecule has 0 saturated heterocycles. The molecule has 0 amide bonds. The molecule has 2 heteroatoms. The minimum absolute atomic E-state index is 0.135. The first kappa shape index (κ1) is 14.1. The third kappa shape index (κ3) is 2.84. The Balaban J connectivity index is 2.49. The van der Waals surface area contributed by atoms with Crippen LogP contribution in [0, 0.1) is 5.41 Å². The molecule has 0 fully saturated rings. The Bertz CT molecular complexity index is 548. The molecule has 1 unspecified atom stereocenters. The third-order valence-electron chi connectivity index (χ3n) is 3.58. The lowest BCUT2D eigenvalue weighted by Crippen LogP contribution is -2.31. The fourth-order valence-corrected chi connectivity index (χ4v) is 2.60. The number of hydrogen-bond donors (Lipinski definition) is 1. The standard InChI is InChI=1S/C17H25NO/c1-6-12-9-8-10-13-11-14(19-15(12)13)16(18-7-2)17(3,4)5/h8-11,16,18H,6-7H2,1-5H3. The molecule has 1 aromatic carbocycles. The Morgan fingerprint density at radius 2 is 1.95 bits per heavy atom. The fraction of sp³-hybridized carbons (Fsp3) is 0.529. The van der Waals surface area contributed by atoms with Gasteiger partial charge in [-0.1, -0.05) is 52.8 Å². The predicted octanol–water partition coefficient (Wildman–Crippen LogP) is 4.69. The Kier molecular flexibility index (Phi) is 4.00. The number of hydrogen-bond acceptors (Lipinski definition) is 2. The van der Waals surface area contributed by atoms with E-state index in [2.05, 4.69) is 64.2 Å². The van der Waals surface area contributed by atoms with Crippen molar-refractivity contribution in [3.8, 4) is 0 Å². The summed E-state index contributed by atoms with van der Waals surface area (Å²) in [5, 5.41) is 4.75. The summed E-state index contributed by atoms with van der Waals surface area (Å²) >= 11 is 0. The summed E-state index contributed by atoms with van der Waals surface area (Å²) in [5.41, 5.74) is 2.47. The van der Waals surface area contributed by atoms with Crippen LogP contribution >= 0.6 is 0 Å². The highest BCUT2D eigenvalue weighted by molar-refractivity contribution is 5.81. The highest BCUT2D eigenvalue weighted by Crippen LogP contribution is 2.36. The molecular formula is C17H25NO. The van der Waals surface area contributed by atoms with Crippen LogP contribution in [-0.2, 0) is 6.42 Å². The molecule has 0 aliphatic rings. The molecule has 1 aromatic heterocycles. The van der Waals surface area contributed by atoms with Crippen molar-refractivity contribution in [3.63, 3.8) is 0 Å². The van der Waals surface area contributed by atoms with Gasteiger partial charge in [0.2, 0.25) is 0 Å². The number of aryl methyl sites for hydroxylation is 1. The van der Waals surface area contributed by atoms with Crippen molar-refractivity contribution in [2.24, 2.45) is 5.41 Å². The summed E-state index contributed by atoms with van der Waals surface area (Å²) < 4.78 is 6.17. The van der Waals surface area contributed by atoms with Crippen molar-refractivity contribution >= 4 is 11.0 Å². The van der Waals surface area contributed by atoms with Crippen LogP contribution in [0.15, 0.2) is 28.7 Å². The van der Waals surface area contributed by atoms with E-state index in [0.717, 1.165) is 24.3 Å². The van der Waals surface area contributed by atoms with Crippen LogP contribution in [0.5, 0.6) is 0 Å². The average molecular weight is 259 g/mol. The highest BCUT2D eigenvalue weighted by Gasteiger charge is 2.28. The van der Waals surface area contributed by atoms with Crippen molar-refractivity contribution in [2.75, 3.05) is 6.54 Å². The van der Waals surface area contributed by atoms with Crippen molar-refractivity contribution in [3.05, 3.63) is 35.6 Å². The smallest absolute Gasteiger partial charge is 0.137 e. The maximum atomic E-state index is 6.17. The van der Waals surface area contributed by atoms with Crippen molar-refractivity contribution in [2.45, 2.75) is 47.1 Å². The molecule has 1 heterocycles. The normalized spacial score (nSPS) is 13.9. The van der Waals surface area contributed by atoms with Crippen LogP contribution < -0.4 is 5.32 Å². The zero-order valence-electron chi connectivity index (χ0n) is 12.7. The minimum atomic E-state index is 0.135. The highest BCUT2D eigenvalue weighted by atomic mass is 16.3. The van der Waals surface area contributed by atoms with Crippen LogP contribution in [0.25, 0.3) is 11.0 Å². The summed E-state index contributed by atoms with van der Waals surface area (Å²) in [6, 6.07) is 8.82. The molecule has 2 nitrogen and oxygen atoms in total. The molecule has 0 bridgehead atoms. The molecule has 0 aliphatic carbocycles. The lowest BCUT2D eigenvalue weighted by Gasteiger charge is -2.29. The van der Waals surface area contributed by atoms with Crippen molar-refractivity contribution in [1.82, 2.24) is 5.32 Å². The molecule has 2 aromatic rings. The molecule has 0 radical (unpaired) electrons. The summed E-state index contributed by atoms with van der Waals surface area (Å²) in [6.45, 7) is 12.0. The number of furan rings is 1. The second-order valence-electron chi connectivity index (χ2n) is 6.19. The molecule has 104 valence electrons. The molecule has 2 rings (SSSR count). The summed E-state index contributed by atoms with van der Waals surface area (Å²) in [5.74, 6) is 1.05. The van der Waals surface area contributed by atoms with E-state index in [1.807, 2.05) is 0 Å². The summed E-state index contributed by atoms with van der Waals surface area (Å²) in [4.78, 5) is 0. The quantitative estimate of drug-likeness (QED) is 0.861. The lowest BCUT2D eigenvalue weighted by atomic mass is 9.85. The second kappa shape index (κ2) is 5.38. The predicted molar refractivity (Wildman–Crippen MR) is 81.5 cm³/mol. The van der Waals surface area contributed by atoms with E-state index in [-0.39, 0.29) is 11.5 Å². The van der Waals surface area contributed by atoms with Crippen LogP contribution in [0.3, 0.4) is 0 Å². The van der Waals surface area contributed by atoms with Gasteiger partial charge in [0.25, 0.3) is 0 Å². The van der Waals surface area contributed by atoms with Crippen LogP contribution in [0.2, 0.25) is 0 Å². The maximum Gasteiger partial charge on any atom is 0.137 e. The molecule has 1 N–H and O–H groups in total. The topological polar surface area (TPSA) is 25.2 Å². The molecule has 0 spiro atoms. The number of rotatable bonds is 4. The Hall–Kier alpha value is -1.28. The van der Waals surface area contributed by atoms with Gasteiger partial charge in [0.15, 0.2) is 0 Å². The van der Waals surface area contributed by atoms with Gasteiger partial charge in [-0.25, -0.2) is 0 Å². The first-order valence-electron chi connectivity index (χ1n) is 7.22. The summed E-state index contributed by atoms with van der Waals surface area (Å²) in [7, 11) is 0. The zero-order valence-corrected chi connectivity index (χ0v) is 12.7. The van der Waals surface area contributed by atoms with Gasteiger partial charge in [-0.2, -0.15) is 0 Å². The van der Waals surface area contributed by atoms with Gasteiger partial charge >= 0.3 is 0 Å². The molecule has 0 aliphatic heterocycles. The minimum Gasteiger partial charge on any atom is -0.459 e. The maximum absolute atomic E-state index is 6.17. The first-order valence-corrected chi connectivity index (χ1v) is 7.22. The van der Waals surface area contributed by atoms with Crippen LogP contribution in [-0.4, -0.2) is 6.54 Å². The molecule has 0 saturated carbocycles.